The van der Waals surface area contributed by atoms with Gasteiger partial charge in [0.25, 0.3) is 0 Å². The van der Waals surface area contributed by atoms with Crippen LogP contribution in [0.15, 0.2) is 24.3 Å². The van der Waals surface area contributed by atoms with Gasteiger partial charge in [-0.1, -0.05) is 32.9 Å². The summed E-state index contributed by atoms with van der Waals surface area (Å²) in [5.41, 5.74) is 1.16. The lowest BCUT2D eigenvalue weighted by molar-refractivity contribution is 0.150. The SMILES string of the molecule is COCC(C)NC(c1ccc(F)cc1)C(C)(C)C. The number of nitrogens with one attached hydrogen (secondary N) is 1. The fourth-order valence-electron chi connectivity index (χ4n) is 2.08. The third-order valence-electron chi connectivity index (χ3n) is 2.94. The van der Waals surface area contributed by atoms with Crippen LogP contribution in [-0.4, -0.2) is 19.8 Å². The lowest BCUT2D eigenvalue weighted by atomic mass is 9.82. The Balaban J connectivity index is 2.88. The maximum atomic E-state index is 13.0. The van der Waals surface area contributed by atoms with Crippen molar-refractivity contribution in [2.45, 2.75) is 39.8 Å². The van der Waals surface area contributed by atoms with E-state index >= 15 is 0 Å². The van der Waals surface area contributed by atoms with Crippen molar-refractivity contribution in [3.63, 3.8) is 0 Å². The van der Waals surface area contributed by atoms with E-state index in [9.17, 15) is 4.39 Å². The van der Waals surface area contributed by atoms with Crippen molar-refractivity contribution in [1.82, 2.24) is 5.32 Å². The molecule has 2 unspecified atom stereocenters. The zero-order valence-electron chi connectivity index (χ0n) is 12.0. The second-order valence-electron chi connectivity index (χ2n) is 5.87. The summed E-state index contributed by atoms with van der Waals surface area (Å²) in [7, 11) is 1.70. The second-order valence-corrected chi connectivity index (χ2v) is 5.87. The normalized spacial score (nSPS) is 15.4. The van der Waals surface area contributed by atoms with Crippen LogP contribution in [0.1, 0.15) is 39.3 Å². The first-order chi connectivity index (χ1) is 8.34. The maximum Gasteiger partial charge on any atom is 0.123 e. The lowest BCUT2D eigenvalue weighted by Gasteiger charge is -2.34. The second kappa shape index (κ2) is 6.30. The largest absolute Gasteiger partial charge is 0.383 e. The average Bonchev–Trinajstić information content (AvgIpc) is 2.26. The minimum atomic E-state index is -0.198. The van der Waals surface area contributed by atoms with Gasteiger partial charge in [0.05, 0.1) is 6.61 Å². The molecule has 0 aliphatic rings. The molecule has 0 saturated carbocycles. The van der Waals surface area contributed by atoms with Gasteiger partial charge in [0.15, 0.2) is 0 Å². The van der Waals surface area contributed by atoms with Crippen LogP contribution in [0, 0.1) is 11.2 Å². The number of hydrogen-bond donors (Lipinski definition) is 1. The molecule has 18 heavy (non-hydrogen) atoms. The fourth-order valence-corrected chi connectivity index (χ4v) is 2.08. The summed E-state index contributed by atoms with van der Waals surface area (Å²) in [6.07, 6.45) is 0. The molecule has 1 aromatic carbocycles. The molecular formula is C15H24FNO. The highest BCUT2D eigenvalue weighted by atomic mass is 19.1. The number of halogens is 1. The molecule has 0 bridgehead atoms. The van der Waals surface area contributed by atoms with Crippen LogP contribution in [0.2, 0.25) is 0 Å². The first kappa shape index (κ1) is 15.1. The van der Waals surface area contributed by atoms with Crippen molar-refractivity contribution in [3.8, 4) is 0 Å². The first-order valence-electron chi connectivity index (χ1n) is 6.35. The summed E-state index contributed by atoms with van der Waals surface area (Å²) in [4.78, 5) is 0. The minimum Gasteiger partial charge on any atom is -0.383 e. The fraction of sp³-hybridized carbons (Fsp3) is 0.600. The smallest absolute Gasteiger partial charge is 0.123 e. The third-order valence-corrected chi connectivity index (χ3v) is 2.94. The zero-order valence-corrected chi connectivity index (χ0v) is 12.0. The van der Waals surface area contributed by atoms with Crippen LogP contribution >= 0.6 is 0 Å². The molecule has 0 heterocycles. The summed E-state index contributed by atoms with van der Waals surface area (Å²) in [6.45, 7) is 9.27. The van der Waals surface area contributed by atoms with Gasteiger partial charge in [-0.05, 0) is 30.0 Å². The number of methoxy groups -OCH3 is 1. The summed E-state index contributed by atoms with van der Waals surface area (Å²) >= 11 is 0. The number of benzene rings is 1. The minimum absolute atomic E-state index is 0.0554. The zero-order chi connectivity index (χ0) is 13.8. The molecule has 3 heteroatoms. The Morgan fingerprint density at radius 1 is 1.22 bits per heavy atom. The highest BCUT2D eigenvalue weighted by Crippen LogP contribution is 2.33. The summed E-state index contributed by atoms with van der Waals surface area (Å²) in [6, 6.07) is 7.13. The Kier molecular flexibility index (Phi) is 5.29. The van der Waals surface area contributed by atoms with E-state index in [1.807, 2.05) is 12.1 Å². The predicted molar refractivity (Wildman–Crippen MR) is 73.1 cm³/mol. The van der Waals surface area contributed by atoms with E-state index in [2.05, 4.69) is 33.0 Å². The molecule has 0 amide bonds. The van der Waals surface area contributed by atoms with Gasteiger partial charge >= 0.3 is 0 Å². The highest BCUT2D eigenvalue weighted by molar-refractivity contribution is 5.21. The summed E-state index contributed by atoms with van der Waals surface area (Å²) in [5, 5.41) is 3.55. The van der Waals surface area contributed by atoms with Gasteiger partial charge in [-0.3, -0.25) is 0 Å². The highest BCUT2D eigenvalue weighted by Gasteiger charge is 2.27. The van der Waals surface area contributed by atoms with E-state index in [0.29, 0.717) is 6.61 Å². The molecule has 102 valence electrons. The molecule has 0 spiro atoms. The van der Waals surface area contributed by atoms with Crippen molar-refractivity contribution in [2.24, 2.45) is 5.41 Å². The Labute approximate surface area is 110 Å². The van der Waals surface area contributed by atoms with Gasteiger partial charge in [0.1, 0.15) is 5.82 Å². The van der Waals surface area contributed by atoms with Gasteiger partial charge in [0, 0.05) is 19.2 Å². The summed E-state index contributed by atoms with van der Waals surface area (Å²) < 4.78 is 18.1. The van der Waals surface area contributed by atoms with E-state index in [1.54, 1.807) is 7.11 Å². The molecule has 0 aliphatic carbocycles. The van der Waals surface area contributed by atoms with Gasteiger partial charge in [-0.15, -0.1) is 0 Å². The van der Waals surface area contributed by atoms with Crippen molar-refractivity contribution in [1.29, 1.82) is 0 Å². The van der Waals surface area contributed by atoms with Gasteiger partial charge < -0.3 is 10.1 Å². The van der Waals surface area contributed by atoms with E-state index in [-0.39, 0.29) is 23.3 Å². The predicted octanol–water partition coefficient (Wildman–Crippen LogP) is 3.54. The lowest BCUT2D eigenvalue weighted by Crippen LogP contribution is -2.40. The average molecular weight is 253 g/mol. The van der Waals surface area contributed by atoms with Crippen molar-refractivity contribution < 1.29 is 9.13 Å². The van der Waals surface area contributed by atoms with Crippen molar-refractivity contribution >= 4 is 0 Å². The molecule has 0 aliphatic heterocycles. The third kappa shape index (κ3) is 4.39. The van der Waals surface area contributed by atoms with E-state index in [4.69, 9.17) is 4.74 Å². The molecule has 0 saturated heterocycles. The number of hydrogen-bond acceptors (Lipinski definition) is 2. The molecule has 1 rings (SSSR count). The topological polar surface area (TPSA) is 21.3 Å². The van der Waals surface area contributed by atoms with Gasteiger partial charge in [-0.25, -0.2) is 4.39 Å². The van der Waals surface area contributed by atoms with Crippen LogP contribution in [0.25, 0.3) is 0 Å². The molecule has 2 nitrogen and oxygen atoms in total. The Morgan fingerprint density at radius 2 is 1.78 bits per heavy atom. The quantitative estimate of drug-likeness (QED) is 0.866. The molecule has 1 aromatic rings. The van der Waals surface area contributed by atoms with Gasteiger partial charge in [0.2, 0.25) is 0 Å². The molecule has 0 radical (unpaired) electrons. The van der Waals surface area contributed by atoms with Crippen LogP contribution < -0.4 is 5.32 Å². The molecule has 0 fully saturated rings. The Morgan fingerprint density at radius 3 is 2.22 bits per heavy atom. The maximum absolute atomic E-state index is 13.0. The van der Waals surface area contributed by atoms with E-state index < -0.39 is 0 Å². The molecule has 0 aromatic heterocycles. The van der Waals surface area contributed by atoms with Crippen LogP contribution in [0.4, 0.5) is 4.39 Å². The van der Waals surface area contributed by atoms with Crippen molar-refractivity contribution in [3.05, 3.63) is 35.6 Å². The Hall–Kier alpha value is -0.930. The molecule has 1 N–H and O–H groups in total. The number of ether oxygens (including phenoxy) is 1. The van der Waals surface area contributed by atoms with Gasteiger partial charge in [-0.2, -0.15) is 0 Å². The number of rotatable bonds is 5. The molecule has 2 atom stereocenters. The van der Waals surface area contributed by atoms with Crippen LogP contribution in [-0.2, 0) is 4.74 Å². The standard InChI is InChI=1S/C15H24FNO/c1-11(10-18-5)17-14(15(2,3)4)12-6-8-13(16)9-7-12/h6-9,11,14,17H,10H2,1-5H3. The first-order valence-corrected chi connectivity index (χ1v) is 6.35. The van der Waals surface area contributed by atoms with Crippen LogP contribution in [0.3, 0.4) is 0 Å². The monoisotopic (exact) mass is 253 g/mol. The van der Waals surface area contributed by atoms with E-state index in [0.717, 1.165) is 5.56 Å². The van der Waals surface area contributed by atoms with Crippen molar-refractivity contribution in [2.75, 3.05) is 13.7 Å². The molecular weight excluding hydrogens is 229 g/mol. The summed E-state index contributed by atoms with van der Waals surface area (Å²) in [5.74, 6) is -0.198. The Bertz CT molecular complexity index is 356. The van der Waals surface area contributed by atoms with Crippen LogP contribution in [0.5, 0.6) is 0 Å². The van der Waals surface area contributed by atoms with E-state index in [1.165, 1.54) is 12.1 Å².